The molecule has 6 nitrogen and oxygen atoms in total. The van der Waals surface area contributed by atoms with E-state index < -0.39 is 0 Å². The van der Waals surface area contributed by atoms with E-state index in [9.17, 15) is 4.79 Å². The normalized spacial score (nSPS) is 12.0. The first-order valence-corrected chi connectivity index (χ1v) is 9.68. The molecule has 0 aliphatic carbocycles. The second-order valence-corrected chi connectivity index (χ2v) is 7.93. The molecule has 0 saturated heterocycles. The molecule has 1 N–H and O–H groups in total. The Kier molecular flexibility index (Phi) is 5.91. The van der Waals surface area contributed by atoms with Gasteiger partial charge in [0.15, 0.2) is 0 Å². The second kappa shape index (κ2) is 8.35. The minimum Gasteiger partial charge on any atom is -0.351 e. The molecule has 0 fully saturated rings. The largest absolute Gasteiger partial charge is 0.351 e. The standard InChI is InChI=1S/C20H23N5OS/c1-13-5-8-17(9-6-13)12-21-19(26)16(4)27-20-22-23-24-25(20)18-10-7-14(2)11-15(18)3/h5-11,16H,12H2,1-4H3,(H,21,26)/t16-/m1/s1. The predicted octanol–water partition coefficient (Wildman–Crippen LogP) is 3.38. The lowest BCUT2D eigenvalue weighted by atomic mass is 10.1. The van der Waals surface area contributed by atoms with Crippen molar-refractivity contribution < 1.29 is 4.79 Å². The molecule has 1 atom stereocenters. The molecule has 1 heterocycles. The van der Waals surface area contributed by atoms with Gasteiger partial charge in [0.2, 0.25) is 11.1 Å². The van der Waals surface area contributed by atoms with E-state index in [0.717, 1.165) is 16.8 Å². The summed E-state index contributed by atoms with van der Waals surface area (Å²) in [6.07, 6.45) is 0. The van der Waals surface area contributed by atoms with Crippen LogP contribution in [0.3, 0.4) is 0 Å². The summed E-state index contributed by atoms with van der Waals surface area (Å²) in [5.74, 6) is -0.0456. The molecule has 0 saturated carbocycles. The van der Waals surface area contributed by atoms with Gasteiger partial charge in [-0.3, -0.25) is 4.79 Å². The van der Waals surface area contributed by atoms with Gasteiger partial charge in [0, 0.05) is 6.54 Å². The minimum atomic E-state index is -0.314. The van der Waals surface area contributed by atoms with Crippen LogP contribution in [0.5, 0.6) is 0 Å². The Hall–Kier alpha value is -2.67. The molecule has 0 unspecified atom stereocenters. The van der Waals surface area contributed by atoms with E-state index in [2.05, 4.69) is 26.9 Å². The van der Waals surface area contributed by atoms with Gasteiger partial charge in [0.05, 0.1) is 10.9 Å². The van der Waals surface area contributed by atoms with Crippen molar-refractivity contribution in [3.63, 3.8) is 0 Å². The number of amides is 1. The van der Waals surface area contributed by atoms with Gasteiger partial charge in [-0.1, -0.05) is 59.3 Å². The lowest BCUT2D eigenvalue weighted by molar-refractivity contribution is -0.120. The number of aryl methyl sites for hydroxylation is 3. The van der Waals surface area contributed by atoms with Crippen molar-refractivity contribution >= 4 is 17.7 Å². The van der Waals surface area contributed by atoms with E-state index in [-0.39, 0.29) is 11.2 Å². The van der Waals surface area contributed by atoms with Gasteiger partial charge >= 0.3 is 0 Å². The summed E-state index contributed by atoms with van der Waals surface area (Å²) in [5, 5.41) is 15.2. The molecule has 7 heteroatoms. The molecule has 3 rings (SSSR count). The fourth-order valence-electron chi connectivity index (χ4n) is 2.70. The van der Waals surface area contributed by atoms with E-state index in [1.807, 2.05) is 64.1 Å². The SMILES string of the molecule is Cc1ccc(CNC(=O)[C@@H](C)Sc2nnnn2-c2ccc(C)cc2C)cc1. The number of carbonyl (C=O) groups excluding carboxylic acids is 1. The van der Waals surface area contributed by atoms with Crippen LogP contribution in [-0.4, -0.2) is 31.4 Å². The molecular formula is C20H23N5OS. The fraction of sp³-hybridized carbons (Fsp3) is 0.300. The molecule has 0 bridgehead atoms. The molecule has 0 aliphatic rings. The lowest BCUT2D eigenvalue weighted by Gasteiger charge is -2.13. The van der Waals surface area contributed by atoms with E-state index in [0.29, 0.717) is 11.7 Å². The number of nitrogens with one attached hydrogen (secondary N) is 1. The maximum absolute atomic E-state index is 12.5. The van der Waals surface area contributed by atoms with Crippen LogP contribution in [0, 0.1) is 20.8 Å². The number of hydrogen-bond acceptors (Lipinski definition) is 5. The number of rotatable bonds is 6. The van der Waals surface area contributed by atoms with Crippen molar-refractivity contribution in [3.05, 3.63) is 64.7 Å². The summed E-state index contributed by atoms with van der Waals surface area (Å²) in [4.78, 5) is 12.5. The Morgan fingerprint density at radius 1 is 1.11 bits per heavy atom. The van der Waals surface area contributed by atoms with Crippen molar-refractivity contribution in [1.29, 1.82) is 0 Å². The van der Waals surface area contributed by atoms with E-state index >= 15 is 0 Å². The van der Waals surface area contributed by atoms with Gasteiger partial charge in [-0.2, -0.15) is 4.68 Å². The minimum absolute atomic E-state index is 0.0456. The number of nitrogens with zero attached hydrogens (tertiary/aromatic N) is 4. The number of aromatic nitrogens is 4. The van der Waals surface area contributed by atoms with Crippen molar-refractivity contribution in [2.45, 2.75) is 44.6 Å². The Bertz CT molecular complexity index is 936. The summed E-state index contributed by atoms with van der Waals surface area (Å²) in [7, 11) is 0. The summed E-state index contributed by atoms with van der Waals surface area (Å²) in [6, 6.07) is 14.2. The van der Waals surface area contributed by atoms with Crippen LogP contribution >= 0.6 is 11.8 Å². The van der Waals surface area contributed by atoms with Crippen LogP contribution in [0.2, 0.25) is 0 Å². The van der Waals surface area contributed by atoms with Crippen LogP contribution < -0.4 is 5.32 Å². The number of hydrogen-bond donors (Lipinski definition) is 1. The summed E-state index contributed by atoms with van der Waals surface area (Å²) < 4.78 is 1.68. The number of carbonyl (C=O) groups is 1. The van der Waals surface area contributed by atoms with Crippen LogP contribution in [0.4, 0.5) is 0 Å². The van der Waals surface area contributed by atoms with E-state index in [4.69, 9.17) is 0 Å². The molecule has 0 aliphatic heterocycles. The molecule has 27 heavy (non-hydrogen) atoms. The van der Waals surface area contributed by atoms with E-state index in [1.165, 1.54) is 22.9 Å². The smallest absolute Gasteiger partial charge is 0.233 e. The van der Waals surface area contributed by atoms with Gasteiger partial charge in [0.25, 0.3) is 0 Å². The van der Waals surface area contributed by atoms with Crippen LogP contribution in [0.15, 0.2) is 47.6 Å². The number of thioether (sulfide) groups is 1. The van der Waals surface area contributed by atoms with Crippen molar-refractivity contribution in [3.8, 4) is 5.69 Å². The molecule has 1 aromatic heterocycles. The predicted molar refractivity (Wildman–Crippen MR) is 107 cm³/mol. The third kappa shape index (κ3) is 4.74. The van der Waals surface area contributed by atoms with Crippen LogP contribution in [0.25, 0.3) is 5.69 Å². The summed E-state index contributed by atoms with van der Waals surface area (Å²) >= 11 is 1.35. The van der Waals surface area contributed by atoms with Crippen molar-refractivity contribution in [2.24, 2.45) is 0 Å². The first-order chi connectivity index (χ1) is 12.9. The molecule has 0 radical (unpaired) electrons. The highest BCUT2D eigenvalue weighted by Gasteiger charge is 2.19. The highest BCUT2D eigenvalue weighted by molar-refractivity contribution is 8.00. The zero-order valence-electron chi connectivity index (χ0n) is 15.9. The summed E-state index contributed by atoms with van der Waals surface area (Å²) in [5.41, 5.74) is 5.46. The van der Waals surface area contributed by atoms with Crippen molar-refractivity contribution in [1.82, 2.24) is 25.5 Å². The van der Waals surface area contributed by atoms with E-state index in [1.54, 1.807) is 4.68 Å². The molecule has 0 spiro atoms. The van der Waals surface area contributed by atoms with Gasteiger partial charge in [-0.15, -0.1) is 5.10 Å². The molecule has 1 amide bonds. The third-order valence-corrected chi connectivity index (χ3v) is 5.29. The maximum atomic E-state index is 12.5. The maximum Gasteiger partial charge on any atom is 0.233 e. The second-order valence-electron chi connectivity index (χ2n) is 6.63. The Balaban J connectivity index is 1.66. The van der Waals surface area contributed by atoms with Crippen molar-refractivity contribution in [2.75, 3.05) is 0 Å². The molecule has 140 valence electrons. The molecule has 2 aromatic carbocycles. The summed E-state index contributed by atoms with van der Waals surface area (Å²) in [6.45, 7) is 8.48. The van der Waals surface area contributed by atoms with Crippen LogP contribution in [-0.2, 0) is 11.3 Å². The van der Waals surface area contributed by atoms with Gasteiger partial charge in [-0.25, -0.2) is 0 Å². The van der Waals surface area contributed by atoms with Gasteiger partial charge in [0.1, 0.15) is 0 Å². The molecular weight excluding hydrogens is 358 g/mol. The highest BCUT2D eigenvalue weighted by Crippen LogP contribution is 2.24. The van der Waals surface area contributed by atoms with Crippen LogP contribution in [0.1, 0.15) is 29.2 Å². The monoisotopic (exact) mass is 381 g/mol. The number of benzene rings is 2. The first-order valence-electron chi connectivity index (χ1n) is 8.80. The number of tetrazole rings is 1. The zero-order chi connectivity index (χ0) is 19.4. The fourth-order valence-corrected chi connectivity index (χ4v) is 3.52. The lowest BCUT2D eigenvalue weighted by Crippen LogP contribution is -2.30. The third-order valence-electron chi connectivity index (χ3n) is 4.26. The Morgan fingerprint density at radius 3 is 2.52 bits per heavy atom. The Labute approximate surface area is 163 Å². The zero-order valence-corrected chi connectivity index (χ0v) is 16.7. The van der Waals surface area contributed by atoms with Gasteiger partial charge in [-0.05, 0) is 55.3 Å². The Morgan fingerprint density at radius 2 is 1.81 bits per heavy atom. The average Bonchev–Trinajstić information content (AvgIpc) is 3.08. The van der Waals surface area contributed by atoms with Gasteiger partial charge < -0.3 is 5.32 Å². The average molecular weight is 382 g/mol. The quantitative estimate of drug-likeness (QED) is 0.663. The highest BCUT2D eigenvalue weighted by atomic mass is 32.2. The molecule has 3 aromatic rings. The first kappa shape index (κ1) is 19.1. The topological polar surface area (TPSA) is 72.7 Å².